The highest BCUT2D eigenvalue weighted by molar-refractivity contribution is 5.53. The Hall–Kier alpha value is -2.44. The molecular formula is C20H25NO5. The maximum absolute atomic E-state index is 11.0. The van der Waals surface area contributed by atoms with E-state index in [9.17, 15) is 5.11 Å². The fraction of sp³-hybridized carbons (Fsp3) is 0.400. The number of benzene rings is 2. The number of nitrogens with one attached hydrogen (secondary N) is 1. The van der Waals surface area contributed by atoms with Crippen LogP contribution in [0.4, 0.5) is 0 Å². The van der Waals surface area contributed by atoms with Crippen LogP contribution in [0.5, 0.6) is 23.0 Å². The molecule has 0 saturated carbocycles. The van der Waals surface area contributed by atoms with Crippen molar-refractivity contribution in [1.29, 1.82) is 0 Å². The summed E-state index contributed by atoms with van der Waals surface area (Å²) >= 11 is 0. The lowest BCUT2D eigenvalue weighted by atomic mass is 9.87. The third-order valence-electron chi connectivity index (χ3n) is 4.82. The van der Waals surface area contributed by atoms with Gasteiger partial charge < -0.3 is 29.4 Å². The van der Waals surface area contributed by atoms with E-state index < -0.39 is 6.10 Å². The van der Waals surface area contributed by atoms with Crippen molar-refractivity contribution >= 4 is 0 Å². The summed E-state index contributed by atoms with van der Waals surface area (Å²) < 4.78 is 21.6. The van der Waals surface area contributed by atoms with E-state index in [1.54, 1.807) is 40.6 Å². The van der Waals surface area contributed by atoms with Gasteiger partial charge in [0.2, 0.25) is 0 Å². The minimum Gasteiger partial charge on any atom is -0.493 e. The van der Waals surface area contributed by atoms with Gasteiger partial charge in [-0.3, -0.25) is 0 Å². The minimum atomic E-state index is -0.744. The van der Waals surface area contributed by atoms with Crippen LogP contribution >= 0.6 is 0 Å². The number of rotatable bonds is 6. The molecular weight excluding hydrogens is 334 g/mol. The van der Waals surface area contributed by atoms with Gasteiger partial charge in [-0.05, 0) is 42.3 Å². The second kappa shape index (κ2) is 7.85. The van der Waals surface area contributed by atoms with E-state index in [-0.39, 0.29) is 6.04 Å². The molecule has 2 aromatic rings. The van der Waals surface area contributed by atoms with Crippen LogP contribution in [0.25, 0.3) is 0 Å². The number of methoxy groups -OCH3 is 4. The first-order valence-corrected chi connectivity index (χ1v) is 8.51. The predicted octanol–water partition coefficient (Wildman–Crippen LogP) is 2.64. The number of fused-ring (bicyclic) bond motifs is 1. The first-order chi connectivity index (χ1) is 12.6. The topological polar surface area (TPSA) is 69.2 Å². The number of ether oxygens (including phenoxy) is 4. The second-order valence-corrected chi connectivity index (χ2v) is 6.11. The van der Waals surface area contributed by atoms with Crippen molar-refractivity contribution in [2.45, 2.75) is 18.6 Å². The van der Waals surface area contributed by atoms with Crippen molar-refractivity contribution in [3.05, 3.63) is 47.0 Å². The molecule has 0 amide bonds. The Morgan fingerprint density at radius 1 is 0.923 bits per heavy atom. The van der Waals surface area contributed by atoms with Crippen LogP contribution < -0.4 is 24.3 Å². The quantitative estimate of drug-likeness (QED) is 0.826. The molecule has 0 unspecified atom stereocenters. The Bertz CT molecular complexity index is 777. The fourth-order valence-corrected chi connectivity index (χ4v) is 3.53. The molecule has 2 atom stereocenters. The molecule has 0 saturated heterocycles. The zero-order valence-electron chi connectivity index (χ0n) is 15.5. The van der Waals surface area contributed by atoms with Crippen molar-refractivity contribution < 1.29 is 24.1 Å². The zero-order chi connectivity index (χ0) is 18.7. The first kappa shape index (κ1) is 18.4. The van der Waals surface area contributed by atoms with Crippen LogP contribution in [0.1, 0.15) is 28.8 Å². The largest absolute Gasteiger partial charge is 0.493 e. The molecule has 0 bridgehead atoms. The molecule has 1 heterocycles. The Labute approximate surface area is 153 Å². The van der Waals surface area contributed by atoms with Gasteiger partial charge in [0.15, 0.2) is 23.0 Å². The molecule has 26 heavy (non-hydrogen) atoms. The van der Waals surface area contributed by atoms with Crippen molar-refractivity contribution in [2.75, 3.05) is 35.0 Å². The van der Waals surface area contributed by atoms with Gasteiger partial charge >= 0.3 is 0 Å². The lowest BCUT2D eigenvalue weighted by molar-refractivity contribution is 0.124. The molecule has 1 aliphatic rings. The van der Waals surface area contributed by atoms with Crippen LogP contribution in [-0.4, -0.2) is 40.1 Å². The maximum atomic E-state index is 11.0. The summed E-state index contributed by atoms with van der Waals surface area (Å²) in [6.45, 7) is 0.742. The fourth-order valence-electron chi connectivity index (χ4n) is 3.53. The molecule has 2 aromatic carbocycles. The lowest BCUT2D eigenvalue weighted by Gasteiger charge is -2.32. The maximum Gasteiger partial charge on any atom is 0.164 e. The van der Waals surface area contributed by atoms with Crippen molar-refractivity contribution in [3.8, 4) is 23.0 Å². The van der Waals surface area contributed by atoms with Crippen molar-refractivity contribution in [3.63, 3.8) is 0 Å². The monoisotopic (exact) mass is 359 g/mol. The van der Waals surface area contributed by atoms with E-state index in [4.69, 9.17) is 18.9 Å². The molecule has 0 radical (unpaired) electrons. The molecule has 3 rings (SSSR count). The molecule has 2 N–H and O–H groups in total. The third-order valence-corrected chi connectivity index (χ3v) is 4.82. The van der Waals surface area contributed by atoms with Gasteiger partial charge in [0.25, 0.3) is 0 Å². The highest BCUT2D eigenvalue weighted by atomic mass is 16.5. The van der Waals surface area contributed by atoms with Crippen LogP contribution in [0.2, 0.25) is 0 Å². The van der Waals surface area contributed by atoms with Gasteiger partial charge in [0.05, 0.1) is 40.6 Å². The zero-order valence-corrected chi connectivity index (χ0v) is 15.5. The van der Waals surface area contributed by atoms with Gasteiger partial charge in [0.1, 0.15) is 0 Å². The molecule has 0 fully saturated rings. The highest BCUT2D eigenvalue weighted by Gasteiger charge is 2.30. The summed E-state index contributed by atoms with van der Waals surface area (Å²) in [6.07, 6.45) is 0.0668. The van der Waals surface area contributed by atoms with Crippen LogP contribution in [0.15, 0.2) is 30.3 Å². The standard InChI is InChI=1S/C20H25NO5/c1-23-15-7-5-12(11-17(15)25-3)19(22)18-13-6-8-16(24-2)20(26-4)14(13)9-10-21-18/h5-8,11,18-19,21-22H,9-10H2,1-4H3/t18-,19+/m0/s1. The molecule has 0 aromatic heterocycles. The molecule has 0 aliphatic carbocycles. The van der Waals surface area contributed by atoms with Gasteiger partial charge in [-0.15, -0.1) is 0 Å². The summed E-state index contributed by atoms with van der Waals surface area (Å²) in [7, 11) is 6.44. The molecule has 0 spiro atoms. The Morgan fingerprint density at radius 2 is 1.62 bits per heavy atom. The van der Waals surface area contributed by atoms with Crippen molar-refractivity contribution in [1.82, 2.24) is 5.32 Å². The SMILES string of the molecule is COc1ccc([C@@H](O)[C@H]2NCCc3c2ccc(OC)c3OC)cc1OC. The van der Waals surface area contributed by atoms with Crippen LogP contribution in [0.3, 0.4) is 0 Å². The Morgan fingerprint density at radius 3 is 2.27 bits per heavy atom. The molecule has 6 heteroatoms. The number of aliphatic hydroxyl groups is 1. The lowest BCUT2D eigenvalue weighted by Crippen LogP contribution is -2.34. The van der Waals surface area contributed by atoms with E-state index >= 15 is 0 Å². The van der Waals surface area contributed by atoms with Gasteiger partial charge in [-0.2, -0.15) is 0 Å². The average Bonchev–Trinajstić information content (AvgIpc) is 2.71. The predicted molar refractivity (Wildman–Crippen MR) is 98.5 cm³/mol. The first-order valence-electron chi connectivity index (χ1n) is 8.51. The van der Waals surface area contributed by atoms with Gasteiger partial charge in [-0.1, -0.05) is 12.1 Å². The van der Waals surface area contributed by atoms with Crippen LogP contribution in [0, 0.1) is 0 Å². The van der Waals surface area contributed by atoms with Gasteiger partial charge in [0, 0.05) is 5.56 Å². The number of hydrogen-bond acceptors (Lipinski definition) is 6. The summed E-state index contributed by atoms with van der Waals surface area (Å²) in [5.74, 6) is 2.66. The summed E-state index contributed by atoms with van der Waals surface area (Å²) in [5.41, 5.74) is 2.83. The molecule has 140 valence electrons. The normalized spacial score (nSPS) is 17.2. The van der Waals surface area contributed by atoms with E-state index in [0.29, 0.717) is 17.2 Å². The van der Waals surface area contributed by atoms with E-state index in [1.165, 1.54) is 0 Å². The summed E-state index contributed by atoms with van der Waals surface area (Å²) in [6, 6.07) is 9.06. The van der Waals surface area contributed by atoms with E-state index in [2.05, 4.69) is 5.32 Å². The van der Waals surface area contributed by atoms with Gasteiger partial charge in [-0.25, -0.2) is 0 Å². The molecule has 1 aliphatic heterocycles. The highest BCUT2D eigenvalue weighted by Crippen LogP contribution is 2.42. The Kier molecular flexibility index (Phi) is 5.54. The molecule has 6 nitrogen and oxygen atoms in total. The van der Waals surface area contributed by atoms with Crippen molar-refractivity contribution in [2.24, 2.45) is 0 Å². The second-order valence-electron chi connectivity index (χ2n) is 6.11. The average molecular weight is 359 g/mol. The smallest absolute Gasteiger partial charge is 0.164 e. The van der Waals surface area contributed by atoms with E-state index in [1.807, 2.05) is 18.2 Å². The van der Waals surface area contributed by atoms with E-state index in [0.717, 1.165) is 35.4 Å². The Balaban J connectivity index is 1.99. The summed E-state index contributed by atoms with van der Waals surface area (Å²) in [4.78, 5) is 0. The third kappa shape index (κ3) is 3.18. The summed E-state index contributed by atoms with van der Waals surface area (Å²) in [5, 5.41) is 14.4. The number of aliphatic hydroxyl groups excluding tert-OH is 1. The number of hydrogen-bond donors (Lipinski definition) is 2. The minimum absolute atomic E-state index is 0.253. The van der Waals surface area contributed by atoms with Crippen LogP contribution in [-0.2, 0) is 6.42 Å².